The molecule has 4 nitrogen and oxygen atoms in total. The van der Waals surface area contributed by atoms with Gasteiger partial charge in [-0.25, -0.2) is 0 Å². The van der Waals surface area contributed by atoms with E-state index in [1.165, 1.54) is 5.56 Å². The molecule has 0 radical (unpaired) electrons. The van der Waals surface area contributed by atoms with Gasteiger partial charge in [0.15, 0.2) is 6.61 Å². The van der Waals surface area contributed by atoms with Crippen LogP contribution in [0.3, 0.4) is 0 Å². The quantitative estimate of drug-likeness (QED) is 0.721. The monoisotopic (exact) mass is 300 g/mol. The topological polar surface area (TPSA) is 48.2 Å². The molecular formula is C16H13ClN2O2. The van der Waals surface area contributed by atoms with Gasteiger partial charge in [0.25, 0.3) is 5.89 Å². The first-order chi connectivity index (χ1) is 10.2. The lowest BCUT2D eigenvalue weighted by molar-refractivity contribution is 0.287. The molecule has 106 valence electrons. The minimum absolute atomic E-state index is 0.232. The van der Waals surface area contributed by atoms with Crippen molar-refractivity contribution in [3.05, 3.63) is 64.9 Å². The molecule has 0 unspecified atom stereocenters. The molecule has 0 amide bonds. The highest BCUT2D eigenvalue weighted by molar-refractivity contribution is 6.30. The summed E-state index contributed by atoms with van der Waals surface area (Å²) >= 11 is 5.89. The Kier molecular flexibility index (Phi) is 3.88. The average molecular weight is 301 g/mol. The number of aryl methyl sites for hydroxylation is 1. The lowest BCUT2D eigenvalue weighted by Gasteiger charge is -2.02. The predicted octanol–water partition coefficient (Wildman–Crippen LogP) is 4.28. The van der Waals surface area contributed by atoms with E-state index in [0.29, 0.717) is 22.5 Å². The average Bonchev–Trinajstić information content (AvgIpc) is 2.95. The van der Waals surface area contributed by atoms with Crippen LogP contribution in [0.15, 0.2) is 53.1 Å². The summed E-state index contributed by atoms with van der Waals surface area (Å²) in [6.45, 7) is 2.26. The fraction of sp³-hybridized carbons (Fsp3) is 0.125. The van der Waals surface area contributed by atoms with Crippen LogP contribution in [0.4, 0.5) is 0 Å². The summed E-state index contributed by atoms with van der Waals surface area (Å²) < 4.78 is 10.8. The van der Waals surface area contributed by atoms with Crippen LogP contribution in [0.2, 0.25) is 5.02 Å². The fourth-order valence-electron chi connectivity index (χ4n) is 1.83. The Morgan fingerprint density at radius 2 is 1.95 bits per heavy atom. The molecular weight excluding hydrogens is 288 g/mol. The predicted molar refractivity (Wildman–Crippen MR) is 80.3 cm³/mol. The molecule has 3 rings (SSSR count). The molecule has 3 aromatic rings. The second-order valence-electron chi connectivity index (χ2n) is 4.63. The van der Waals surface area contributed by atoms with Crippen molar-refractivity contribution in [3.8, 4) is 17.2 Å². The molecule has 2 aromatic carbocycles. The maximum Gasteiger partial charge on any atom is 0.258 e. The lowest BCUT2D eigenvalue weighted by atomic mass is 10.1. The van der Waals surface area contributed by atoms with Crippen molar-refractivity contribution < 1.29 is 9.26 Å². The smallest absolute Gasteiger partial charge is 0.258 e. The summed E-state index contributed by atoms with van der Waals surface area (Å²) in [7, 11) is 0. The second kappa shape index (κ2) is 5.97. The van der Waals surface area contributed by atoms with E-state index in [2.05, 4.69) is 10.1 Å². The van der Waals surface area contributed by atoms with Crippen LogP contribution in [0.25, 0.3) is 11.5 Å². The van der Waals surface area contributed by atoms with E-state index in [1.54, 1.807) is 12.1 Å². The number of halogens is 1. The summed E-state index contributed by atoms with van der Waals surface area (Å²) in [4.78, 5) is 4.31. The van der Waals surface area contributed by atoms with Gasteiger partial charge in [-0.3, -0.25) is 0 Å². The molecule has 0 aliphatic heterocycles. The highest BCUT2D eigenvalue weighted by atomic mass is 35.5. The van der Waals surface area contributed by atoms with Crippen molar-refractivity contribution in [2.45, 2.75) is 13.5 Å². The molecule has 5 heteroatoms. The molecule has 0 bridgehead atoms. The number of aromatic nitrogens is 2. The highest BCUT2D eigenvalue weighted by Gasteiger charge is 2.09. The largest absolute Gasteiger partial charge is 0.485 e. The molecule has 0 aliphatic carbocycles. The molecule has 0 atom stereocenters. The van der Waals surface area contributed by atoms with Gasteiger partial charge in [0, 0.05) is 10.6 Å². The van der Waals surface area contributed by atoms with Gasteiger partial charge in [0.05, 0.1) is 0 Å². The Hall–Kier alpha value is -2.33. The Balaban J connectivity index is 1.69. The normalized spacial score (nSPS) is 10.6. The van der Waals surface area contributed by atoms with E-state index in [-0.39, 0.29) is 6.61 Å². The minimum Gasteiger partial charge on any atom is -0.485 e. The molecule has 0 spiro atoms. The van der Waals surface area contributed by atoms with Crippen molar-refractivity contribution in [2.75, 3.05) is 0 Å². The first kappa shape index (κ1) is 13.6. The van der Waals surface area contributed by atoms with Gasteiger partial charge in [-0.05, 0) is 37.3 Å². The third-order valence-electron chi connectivity index (χ3n) is 2.93. The molecule has 1 aromatic heterocycles. The van der Waals surface area contributed by atoms with Gasteiger partial charge in [0.2, 0.25) is 5.82 Å². The number of rotatable bonds is 4. The second-order valence-corrected chi connectivity index (χ2v) is 5.06. The number of hydrogen-bond acceptors (Lipinski definition) is 4. The summed E-state index contributed by atoms with van der Waals surface area (Å²) in [6.07, 6.45) is 0. The van der Waals surface area contributed by atoms with Gasteiger partial charge in [0.1, 0.15) is 5.75 Å². The molecule has 21 heavy (non-hydrogen) atoms. The zero-order valence-corrected chi connectivity index (χ0v) is 12.2. The van der Waals surface area contributed by atoms with E-state index in [9.17, 15) is 0 Å². The van der Waals surface area contributed by atoms with Crippen molar-refractivity contribution in [1.82, 2.24) is 10.1 Å². The van der Waals surface area contributed by atoms with E-state index < -0.39 is 0 Å². The maximum atomic E-state index is 5.89. The van der Waals surface area contributed by atoms with Gasteiger partial charge < -0.3 is 9.26 Å². The van der Waals surface area contributed by atoms with Crippen molar-refractivity contribution in [1.29, 1.82) is 0 Å². The van der Waals surface area contributed by atoms with Gasteiger partial charge >= 0.3 is 0 Å². The first-order valence-electron chi connectivity index (χ1n) is 6.49. The van der Waals surface area contributed by atoms with E-state index in [0.717, 1.165) is 5.56 Å². The van der Waals surface area contributed by atoms with Crippen LogP contribution in [-0.2, 0) is 6.61 Å². The van der Waals surface area contributed by atoms with Crippen molar-refractivity contribution in [3.63, 3.8) is 0 Å². The van der Waals surface area contributed by atoms with Crippen LogP contribution >= 0.6 is 11.6 Å². The standard InChI is InChI=1S/C16H13ClN2O2/c1-11-5-7-12(8-6-11)16-18-15(19-21-16)10-20-14-4-2-3-13(17)9-14/h2-9H,10H2,1H3. The van der Waals surface area contributed by atoms with Crippen LogP contribution in [0.1, 0.15) is 11.4 Å². The zero-order valence-electron chi connectivity index (χ0n) is 11.4. The molecule has 0 fully saturated rings. The molecule has 0 saturated heterocycles. The number of nitrogens with zero attached hydrogens (tertiary/aromatic N) is 2. The number of benzene rings is 2. The Bertz CT molecular complexity index is 738. The van der Waals surface area contributed by atoms with Gasteiger partial charge in [-0.1, -0.05) is 40.5 Å². The molecule has 0 N–H and O–H groups in total. The zero-order chi connectivity index (χ0) is 14.7. The maximum absolute atomic E-state index is 5.89. The third-order valence-corrected chi connectivity index (χ3v) is 3.17. The van der Waals surface area contributed by atoms with E-state index in [1.807, 2.05) is 43.3 Å². The molecule has 0 saturated carbocycles. The summed E-state index contributed by atoms with van der Waals surface area (Å²) in [6, 6.07) is 15.1. The fourth-order valence-corrected chi connectivity index (χ4v) is 2.01. The van der Waals surface area contributed by atoms with Crippen LogP contribution in [0.5, 0.6) is 5.75 Å². The Morgan fingerprint density at radius 3 is 2.71 bits per heavy atom. The van der Waals surface area contributed by atoms with Crippen molar-refractivity contribution in [2.24, 2.45) is 0 Å². The summed E-state index contributed by atoms with van der Waals surface area (Å²) in [5.41, 5.74) is 2.07. The Morgan fingerprint density at radius 1 is 1.14 bits per heavy atom. The minimum atomic E-state index is 0.232. The Labute approximate surface area is 127 Å². The number of hydrogen-bond donors (Lipinski definition) is 0. The van der Waals surface area contributed by atoms with E-state index >= 15 is 0 Å². The van der Waals surface area contributed by atoms with Crippen LogP contribution < -0.4 is 4.74 Å². The summed E-state index contributed by atoms with van der Waals surface area (Å²) in [5.74, 6) is 1.65. The molecule has 1 heterocycles. The number of ether oxygens (including phenoxy) is 1. The van der Waals surface area contributed by atoms with Gasteiger partial charge in [-0.2, -0.15) is 4.98 Å². The van der Waals surface area contributed by atoms with Crippen LogP contribution in [-0.4, -0.2) is 10.1 Å². The van der Waals surface area contributed by atoms with Gasteiger partial charge in [-0.15, -0.1) is 0 Å². The first-order valence-corrected chi connectivity index (χ1v) is 6.86. The van der Waals surface area contributed by atoms with E-state index in [4.69, 9.17) is 20.9 Å². The third kappa shape index (κ3) is 3.41. The highest BCUT2D eigenvalue weighted by Crippen LogP contribution is 2.20. The van der Waals surface area contributed by atoms with Crippen molar-refractivity contribution >= 4 is 11.6 Å². The molecule has 0 aliphatic rings. The lowest BCUT2D eigenvalue weighted by Crippen LogP contribution is -1.97. The summed E-state index contributed by atoms with van der Waals surface area (Å²) in [5, 5.41) is 4.53. The van der Waals surface area contributed by atoms with Crippen LogP contribution in [0, 0.1) is 6.92 Å². The SMILES string of the molecule is Cc1ccc(-c2nc(COc3cccc(Cl)c3)no2)cc1.